The molecule has 110 valence electrons. The van der Waals surface area contributed by atoms with Crippen molar-refractivity contribution in [2.45, 2.75) is 40.3 Å². The zero-order chi connectivity index (χ0) is 15.5. The third kappa shape index (κ3) is 3.57. The van der Waals surface area contributed by atoms with E-state index in [9.17, 15) is 0 Å². The van der Waals surface area contributed by atoms with E-state index in [1.807, 2.05) is 26.0 Å². The summed E-state index contributed by atoms with van der Waals surface area (Å²) in [6, 6.07) is 8.80. The molecular weight excluding hydrogens is 260 g/mol. The minimum Gasteiger partial charge on any atom is -0.375 e. The van der Waals surface area contributed by atoms with Gasteiger partial charge in [0, 0.05) is 29.4 Å². The molecule has 2 rings (SSSR count). The molecule has 0 bridgehead atoms. The molecule has 1 aromatic rings. The fourth-order valence-electron chi connectivity index (χ4n) is 2.36. The number of hydrogen-bond acceptors (Lipinski definition) is 3. The molecule has 1 aliphatic heterocycles. The predicted octanol–water partition coefficient (Wildman–Crippen LogP) is 3.33. The Hall–Kier alpha value is -1.97. The third-order valence-electron chi connectivity index (χ3n) is 3.60. The highest BCUT2D eigenvalue weighted by Gasteiger charge is 2.20. The Morgan fingerprint density at radius 3 is 2.76 bits per heavy atom. The van der Waals surface area contributed by atoms with Gasteiger partial charge in [-0.2, -0.15) is 5.26 Å². The highest BCUT2D eigenvalue weighted by molar-refractivity contribution is 5.61. The molecule has 0 fully saturated rings. The first-order valence-corrected chi connectivity index (χ1v) is 7.35. The summed E-state index contributed by atoms with van der Waals surface area (Å²) in [5.41, 5.74) is 2.66. The highest BCUT2D eigenvalue weighted by atomic mass is 16.5. The molecule has 1 aromatic carbocycles. The van der Waals surface area contributed by atoms with Crippen molar-refractivity contribution in [3.05, 3.63) is 29.3 Å². The van der Waals surface area contributed by atoms with Gasteiger partial charge in [-0.05, 0) is 39.8 Å². The van der Waals surface area contributed by atoms with Crippen LogP contribution in [-0.2, 0) is 11.3 Å². The second-order valence-corrected chi connectivity index (χ2v) is 6.13. The minimum absolute atomic E-state index is 0.421. The van der Waals surface area contributed by atoms with E-state index in [4.69, 9.17) is 10.00 Å². The lowest BCUT2D eigenvalue weighted by Crippen LogP contribution is -2.33. The molecule has 0 unspecified atom stereocenters. The Labute approximate surface area is 127 Å². The maximum Gasteiger partial charge on any atom is 0.112 e. The molecule has 3 nitrogen and oxygen atoms in total. The van der Waals surface area contributed by atoms with E-state index in [1.54, 1.807) is 0 Å². The number of fused-ring (bicyclic) bond motifs is 1. The Morgan fingerprint density at radius 1 is 1.33 bits per heavy atom. The van der Waals surface area contributed by atoms with E-state index in [2.05, 4.69) is 42.7 Å². The monoisotopic (exact) mass is 282 g/mol. The van der Waals surface area contributed by atoms with Crippen molar-refractivity contribution in [1.82, 2.24) is 0 Å². The minimum atomic E-state index is -0.633. The average molecular weight is 282 g/mol. The van der Waals surface area contributed by atoms with Gasteiger partial charge >= 0.3 is 0 Å². The summed E-state index contributed by atoms with van der Waals surface area (Å²) in [7, 11) is 0. The van der Waals surface area contributed by atoms with Gasteiger partial charge in [0.25, 0.3) is 0 Å². The molecule has 0 amide bonds. The lowest BCUT2D eigenvalue weighted by atomic mass is 9.95. The number of rotatable bonds is 1. The molecule has 0 N–H and O–H groups in total. The lowest BCUT2D eigenvalue weighted by molar-refractivity contribution is 0.131. The van der Waals surface area contributed by atoms with E-state index in [-0.39, 0.29) is 0 Å². The molecule has 3 heteroatoms. The van der Waals surface area contributed by atoms with Gasteiger partial charge in [-0.15, -0.1) is 0 Å². The molecule has 1 aliphatic rings. The summed E-state index contributed by atoms with van der Waals surface area (Å²) in [5, 5.41) is 9.08. The number of nitrogens with zero attached hydrogens (tertiary/aromatic N) is 2. The van der Waals surface area contributed by atoms with E-state index in [0.717, 1.165) is 24.3 Å². The van der Waals surface area contributed by atoms with Crippen LogP contribution in [0.15, 0.2) is 18.2 Å². The van der Waals surface area contributed by atoms with Crippen LogP contribution in [0.4, 0.5) is 5.69 Å². The first kappa shape index (κ1) is 15.4. The van der Waals surface area contributed by atoms with Crippen LogP contribution in [0.1, 0.15) is 38.8 Å². The van der Waals surface area contributed by atoms with Gasteiger partial charge in [0.2, 0.25) is 0 Å². The van der Waals surface area contributed by atoms with Crippen LogP contribution in [0.2, 0.25) is 0 Å². The zero-order valence-corrected chi connectivity index (χ0v) is 13.2. The fraction of sp³-hybridized carbons (Fsp3) is 0.500. The summed E-state index contributed by atoms with van der Waals surface area (Å²) < 4.78 is 5.73. The van der Waals surface area contributed by atoms with Gasteiger partial charge in [-0.25, -0.2) is 0 Å². The maximum absolute atomic E-state index is 9.08. The topological polar surface area (TPSA) is 36.3 Å². The van der Waals surface area contributed by atoms with E-state index < -0.39 is 5.41 Å². The Bertz CT molecular complexity index is 614. The van der Waals surface area contributed by atoms with Crippen molar-refractivity contribution in [3.8, 4) is 17.9 Å². The summed E-state index contributed by atoms with van der Waals surface area (Å²) in [6.45, 7) is 10.2. The second-order valence-electron chi connectivity index (χ2n) is 6.13. The zero-order valence-electron chi connectivity index (χ0n) is 13.2. The van der Waals surface area contributed by atoms with Crippen LogP contribution in [0.5, 0.6) is 0 Å². The van der Waals surface area contributed by atoms with E-state index in [0.29, 0.717) is 12.6 Å². The molecule has 0 atom stereocenters. The van der Waals surface area contributed by atoms with Crippen LogP contribution < -0.4 is 4.90 Å². The molecule has 0 aliphatic carbocycles. The van der Waals surface area contributed by atoms with Crippen LogP contribution in [0.25, 0.3) is 0 Å². The number of nitriles is 1. The lowest BCUT2D eigenvalue weighted by Gasteiger charge is -2.28. The highest BCUT2D eigenvalue weighted by Crippen LogP contribution is 2.28. The molecular formula is C18H22N2O. The van der Waals surface area contributed by atoms with Crippen LogP contribution in [0, 0.1) is 28.6 Å². The fourth-order valence-corrected chi connectivity index (χ4v) is 2.36. The van der Waals surface area contributed by atoms with Crippen LogP contribution >= 0.6 is 0 Å². The van der Waals surface area contributed by atoms with E-state index >= 15 is 0 Å². The van der Waals surface area contributed by atoms with Gasteiger partial charge in [0.1, 0.15) is 5.41 Å². The smallest absolute Gasteiger partial charge is 0.112 e. The van der Waals surface area contributed by atoms with Gasteiger partial charge in [0.05, 0.1) is 19.3 Å². The summed E-state index contributed by atoms with van der Waals surface area (Å²) in [5.74, 6) is 6.23. The predicted molar refractivity (Wildman–Crippen MR) is 84.9 cm³/mol. The quantitative estimate of drug-likeness (QED) is 0.741. The Morgan fingerprint density at radius 2 is 2.10 bits per heavy atom. The first-order valence-electron chi connectivity index (χ1n) is 7.35. The molecule has 0 radical (unpaired) electrons. The number of anilines is 1. The van der Waals surface area contributed by atoms with Gasteiger partial charge in [-0.3, -0.25) is 0 Å². The number of ether oxygens (including phenoxy) is 1. The molecule has 0 saturated heterocycles. The van der Waals surface area contributed by atoms with Crippen molar-refractivity contribution >= 4 is 5.69 Å². The molecule has 21 heavy (non-hydrogen) atoms. The maximum atomic E-state index is 9.08. The van der Waals surface area contributed by atoms with Crippen LogP contribution in [-0.4, -0.2) is 19.2 Å². The SMILES string of the molecule is CC(C)N1CCOCc2c(C#CC(C)(C)C#N)cccc21. The second kappa shape index (κ2) is 6.20. The van der Waals surface area contributed by atoms with Gasteiger partial charge in [-0.1, -0.05) is 17.9 Å². The number of hydrogen-bond donors (Lipinski definition) is 0. The largest absolute Gasteiger partial charge is 0.375 e. The van der Waals surface area contributed by atoms with Crippen molar-refractivity contribution in [2.24, 2.45) is 5.41 Å². The molecule has 0 saturated carbocycles. The van der Waals surface area contributed by atoms with Gasteiger partial charge < -0.3 is 9.64 Å². The Balaban J connectivity index is 2.47. The van der Waals surface area contributed by atoms with Crippen molar-refractivity contribution < 1.29 is 4.74 Å². The third-order valence-corrected chi connectivity index (χ3v) is 3.60. The molecule has 0 spiro atoms. The van der Waals surface area contributed by atoms with Crippen molar-refractivity contribution in [3.63, 3.8) is 0 Å². The number of benzene rings is 1. The Kier molecular flexibility index (Phi) is 4.56. The molecule has 0 aromatic heterocycles. The van der Waals surface area contributed by atoms with Crippen molar-refractivity contribution in [1.29, 1.82) is 5.26 Å². The standard InChI is InChI=1S/C18H22N2O/c1-14(2)20-10-11-21-12-16-15(6-5-7-17(16)20)8-9-18(3,4)13-19/h5-7,14H,10-12H2,1-4H3. The first-order chi connectivity index (χ1) is 9.94. The summed E-state index contributed by atoms with van der Waals surface area (Å²) >= 11 is 0. The van der Waals surface area contributed by atoms with Crippen molar-refractivity contribution in [2.75, 3.05) is 18.1 Å². The average Bonchev–Trinajstić information content (AvgIpc) is 2.67. The normalized spacial score (nSPS) is 14.8. The van der Waals surface area contributed by atoms with E-state index in [1.165, 1.54) is 5.69 Å². The molecule has 1 heterocycles. The summed E-state index contributed by atoms with van der Waals surface area (Å²) in [6.07, 6.45) is 0. The summed E-state index contributed by atoms with van der Waals surface area (Å²) in [4.78, 5) is 2.35. The van der Waals surface area contributed by atoms with Crippen LogP contribution in [0.3, 0.4) is 0 Å². The van der Waals surface area contributed by atoms with Gasteiger partial charge in [0.15, 0.2) is 0 Å².